The summed E-state index contributed by atoms with van der Waals surface area (Å²) in [6.45, 7) is 0.363. The van der Waals surface area contributed by atoms with Crippen LogP contribution in [0.25, 0.3) is 0 Å². The Morgan fingerprint density at radius 3 is 2.86 bits per heavy atom. The minimum Gasteiger partial charge on any atom is -0.454 e. The SMILES string of the molecule is CN(Cc1ccc2c(c1)OCO2)S(=O)(=O)c1cn[nH]c1N. The van der Waals surface area contributed by atoms with Crippen LogP contribution in [-0.4, -0.2) is 36.8 Å². The van der Waals surface area contributed by atoms with Crippen LogP contribution in [0, 0.1) is 0 Å². The van der Waals surface area contributed by atoms with Gasteiger partial charge < -0.3 is 15.2 Å². The van der Waals surface area contributed by atoms with Crippen LogP contribution in [0.15, 0.2) is 29.3 Å². The van der Waals surface area contributed by atoms with Gasteiger partial charge in [-0.2, -0.15) is 9.40 Å². The first-order chi connectivity index (χ1) is 9.98. The number of nitrogens with two attached hydrogens (primary N) is 1. The van der Waals surface area contributed by atoms with Gasteiger partial charge in [-0.3, -0.25) is 5.10 Å². The molecule has 0 unspecified atom stereocenters. The molecule has 0 bridgehead atoms. The maximum atomic E-state index is 12.4. The number of rotatable bonds is 4. The van der Waals surface area contributed by atoms with Crippen LogP contribution in [0.1, 0.15) is 5.56 Å². The van der Waals surface area contributed by atoms with E-state index in [1.54, 1.807) is 18.2 Å². The third-order valence-corrected chi connectivity index (χ3v) is 4.99. The smallest absolute Gasteiger partial charge is 0.248 e. The largest absolute Gasteiger partial charge is 0.454 e. The molecule has 2 heterocycles. The molecule has 9 heteroatoms. The van der Waals surface area contributed by atoms with Crippen LogP contribution in [0.2, 0.25) is 0 Å². The van der Waals surface area contributed by atoms with Crippen molar-refractivity contribution in [3.63, 3.8) is 0 Å². The Labute approximate surface area is 121 Å². The number of nitrogens with one attached hydrogen (secondary N) is 1. The van der Waals surface area contributed by atoms with E-state index in [9.17, 15) is 8.42 Å². The topological polar surface area (TPSA) is 111 Å². The van der Waals surface area contributed by atoms with Gasteiger partial charge in [-0.05, 0) is 17.7 Å². The summed E-state index contributed by atoms with van der Waals surface area (Å²) in [7, 11) is -2.22. The molecule has 0 spiro atoms. The van der Waals surface area contributed by atoms with E-state index in [1.807, 2.05) is 0 Å². The molecule has 3 rings (SSSR count). The molecule has 0 saturated carbocycles. The summed E-state index contributed by atoms with van der Waals surface area (Å²) in [6.07, 6.45) is 1.20. The maximum Gasteiger partial charge on any atom is 0.248 e. The summed E-state index contributed by atoms with van der Waals surface area (Å²) in [5.41, 5.74) is 6.36. The van der Waals surface area contributed by atoms with Crippen molar-refractivity contribution in [3.8, 4) is 11.5 Å². The van der Waals surface area contributed by atoms with E-state index >= 15 is 0 Å². The third kappa shape index (κ3) is 2.41. The van der Waals surface area contributed by atoms with Gasteiger partial charge in [0, 0.05) is 13.6 Å². The Morgan fingerprint density at radius 1 is 1.38 bits per heavy atom. The third-order valence-electron chi connectivity index (χ3n) is 3.16. The number of aromatic amines is 1. The summed E-state index contributed by atoms with van der Waals surface area (Å²) in [4.78, 5) is -0.0363. The highest BCUT2D eigenvalue weighted by Crippen LogP contribution is 2.33. The Morgan fingerprint density at radius 2 is 2.14 bits per heavy atom. The zero-order valence-corrected chi connectivity index (χ0v) is 12.1. The fourth-order valence-electron chi connectivity index (χ4n) is 2.04. The normalized spacial score (nSPS) is 13.8. The molecule has 0 atom stereocenters. The van der Waals surface area contributed by atoms with Crippen molar-refractivity contribution >= 4 is 15.8 Å². The number of hydrogen-bond acceptors (Lipinski definition) is 6. The van der Waals surface area contributed by atoms with Gasteiger partial charge in [-0.1, -0.05) is 6.07 Å². The molecule has 8 nitrogen and oxygen atoms in total. The summed E-state index contributed by atoms with van der Waals surface area (Å²) in [5.74, 6) is 1.29. The van der Waals surface area contributed by atoms with Crippen LogP contribution >= 0.6 is 0 Å². The summed E-state index contributed by atoms with van der Waals surface area (Å²) in [5, 5.41) is 6.05. The predicted molar refractivity (Wildman–Crippen MR) is 74.2 cm³/mol. The number of anilines is 1. The summed E-state index contributed by atoms with van der Waals surface area (Å²) in [6, 6.07) is 5.30. The quantitative estimate of drug-likeness (QED) is 0.853. The lowest BCUT2D eigenvalue weighted by Crippen LogP contribution is -2.26. The standard InChI is InChI=1S/C12H14N4O4S/c1-16(21(17,18)11-5-14-15-12(11)13)6-8-2-3-9-10(4-8)20-7-19-9/h2-5H,6-7H2,1H3,(H3,13,14,15). The Kier molecular flexibility index (Phi) is 3.22. The van der Waals surface area contributed by atoms with Crippen molar-refractivity contribution in [2.75, 3.05) is 19.6 Å². The monoisotopic (exact) mass is 310 g/mol. The van der Waals surface area contributed by atoms with Crippen molar-refractivity contribution in [2.45, 2.75) is 11.4 Å². The van der Waals surface area contributed by atoms with E-state index in [2.05, 4.69) is 10.2 Å². The molecule has 0 amide bonds. The lowest BCUT2D eigenvalue weighted by molar-refractivity contribution is 0.174. The molecule has 3 N–H and O–H groups in total. The molecule has 0 radical (unpaired) electrons. The van der Waals surface area contributed by atoms with E-state index in [0.29, 0.717) is 11.5 Å². The van der Waals surface area contributed by atoms with E-state index in [4.69, 9.17) is 15.2 Å². The molecule has 1 aliphatic rings. The zero-order valence-electron chi connectivity index (χ0n) is 11.2. The molecule has 0 fully saturated rings. The summed E-state index contributed by atoms with van der Waals surface area (Å²) < 4.78 is 36.5. The molecule has 21 heavy (non-hydrogen) atoms. The molecule has 0 aliphatic carbocycles. The fourth-order valence-corrected chi connectivity index (χ4v) is 3.20. The maximum absolute atomic E-state index is 12.4. The first-order valence-electron chi connectivity index (χ1n) is 6.12. The van der Waals surface area contributed by atoms with Gasteiger partial charge in [-0.15, -0.1) is 0 Å². The lowest BCUT2D eigenvalue weighted by Gasteiger charge is -2.16. The van der Waals surface area contributed by atoms with Crippen molar-refractivity contribution in [2.24, 2.45) is 0 Å². The minimum atomic E-state index is -3.70. The van der Waals surface area contributed by atoms with E-state index in [-0.39, 0.29) is 24.1 Å². The number of H-pyrrole nitrogens is 1. The minimum absolute atomic E-state index is 0.0209. The molecule has 1 aliphatic heterocycles. The highest BCUT2D eigenvalue weighted by atomic mass is 32.2. The number of hydrogen-bond donors (Lipinski definition) is 2. The Bertz CT molecular complexity index is 771. The first kappa shape index (κ1) is 13.7. The average Bonchev–Trinajstić information content (AvgIpc) is 3.06. The van der Waals surface area contributed by atoms with Crippen LogP contribution in [0.4, 0.5) is 5.82 Å². The van der Waals surface area contributed by atoms with Crippen molar-refractivity contribution in [1.82, 2.24) is 14.5 Å². The molecular formula is C12H14N4O4S. The zero-order chi connectivity index (χ0) is 15.0. The molecule has 112 valence electrons. The molecule has 1 aromatic carbocycles. The number of fused-ring (bicyclic) bond motifs is 1. The van der Waals surface area contributed by atoms with E-state index < -0.39 is 10.0 Å². The Balaban J connectivity index is 1.83. The van der Waals surface area contributed by atoms with Crippen LogP contribution in [-0.2, 0) is 16.6 Å². The van der Waals surface area contributed by atoms with Crippen LogP contribution in [0.3, 0.4) is 0 Å². The second-order valence-corrected chi connectivity index (χ2v) is 6.61. The predicted octanol–water partition coefficient (Wildman–Crippen LogP) is 0.541. The number of benzene rings is 1. The van der Waals surface area contributed by atoms with Gasteiger partial charge in [0.15, 0.2) is 11.5 Å². The molecule has 1 aromatic heterocycles. The van der Waals surface area contributed by atoms with E-state index in [1.165, 1.54) is 17.5 Å². The van der Waals surface area contributed by atoms with Gasteiger partial charge >= 0.3 is 0 Å². The highest BCUT2D eigenvalue weighted by molar-refractivity contribution is 7.89. The number of aromatic nitrogens is 2. The lowest BCUT2D eigenvalue weighted by atomic mass is 10.2. The van der Waals surface area contributed by atoms with Crippen molar-refractivity contribution < 1.29 is 17.9 Å². The van der Waals surface area contributed by atoms with Crippen LogP contribution in [0.5, 0.6) is 11.5 Å². The van der Waals surface area contributed by atoms with Gasteiger partial charge in [-0.25, -0.2) is 8.42 Å². The number of ether oxygens (including phenoxy) is 2. The highest BCUT2D eigenvalue weighted by Gasteiger charge is 2.25. The first-order valence-corrected chi connectivity index (χ1v) is 7.56. The summed E-state index contributed by atoms with van der Waals surface area (Å²) >= 11 is 0. The fraction of sp³-hybridized carbons (Fsp3) is 0.250. The van der Waals surface area contributed by atoms with Crippen molar-refractivity contribution in [3.05, 3.63) is 30.0 Å². The molecule has 2 aromatic rings. The molecular weight excluding hydrogens is 296 g/mol. The van der Waals surface area contributed by atoms with E-state index in [0.717, 1.165) is 5.56 Å². The van der Waals surface area contributed by atoms with Gasteiger partial charge in [0.2, 0.25) is 16.8 Å². The molecule has 0 saturated heterocycles. The second kappa shape index (κ2) is 4.93. The number of nitrogens with zero attached hydrogens (tertiary/aromatic N) is 2. The van der Waals surface area contributed by atoms with Gasteiger partial charge in [0.05, 0.1) is 6.20 Å². The Hall–Kier alpha value is -2.26. The second-order valence-electron chi connectivity index (χ2n) is 4.60. The van der Waals surface area contributed by atoms with Crippen molar-refractivity contribution in [1.29, 1.82) is 0 Å². The average molecular weight is 310 g/mol. The number of sulfonamides is 1. The van der Waals surface area contributed by atoms with Gasteiger partial charge in [0.25, 0.3) is 0 Å². The number of nitrogen functional groups attached to an aromatic ring is 1. The van der Waals surface area contributed by atoms with Gasteiger partial charge in [0.1, 0.15) is 10.7 Å². The van der Waals surface area contributed by atoms with Crippen LogP contribution < -0.4 is 15.2 Å².